The third-order valence-corrected chi connectivity index (χ3v) is 3.74. The second-order valence-corrected chi connectivity index (χ2v) is 4.73. The lowest BCUT2D eigenvalue weighted by Crippen LogP contribution is -2.12. The molecule has 0 aliphatic heterocycles. The largest absolute Gasteiger partial charge is 0.465 e. The van der Waals surface area contributed by atoms with Gasteiger partial charge in [0.05, 0.1) is 17.6 Å². The Balaban J connectivity index is 3.30. The topological polar surface area (TPSA) is 72.5 Å². The predicted molar refractivity (Wildman–Crippen MR) is 69.3 cm³/mol. The van der Waals surface area contributed by atoms with E-state index < -0.39 is 5.97 Å². The second-order valence-electron chi connectivity index (χ2n) is 3.71. The van der Waals surface area contributed by atoms with Gasteiger partial charge in [-0.1, -0.05) is 6.92 Å². The summed E-state index contributed by atoms with van der Waals surface area (Å²) in [6.45, 7) is 4.80. The van der Waals surface area contributed by atoms with Crippen LogP contribution < -0.4 is 5.32 Å². The van der Waals surface area contributed by atoms with E-state index in [1.165, 1.54) is 14.0 Å². The molecule has 1 rings (SSSR count). The minimum atomic E-state index is -0.553. The summed E-state index contributed by atoms with van der Waals surface area (Å²) < 4.78 is 4.67. The maximum Gasteiger partial charge on any atom is 0.341 e. The lowest BCUT2D eigenvalue weighted by atomic mass is 10.1. The van der Waals surface area contributed by atoms with Crippen LogP contribution in [0.1, 0.15) is 45.9 Å². The number of thiophene rings is 1. The molecule has 0 fully saturated rings. The van der Waals surface area contributed by atoms with Crippen molar-refractivity contribution in [3.63, 3.8) is 0 Å². The molecule has 1 N–H and O–H groups in total. The fourth-order valence-corrected chi connectivity index (χ4v) is 2.61. The van der Waals surface area contributed by atoms with E-state index in [-0.39, 0.29) is 17.3 Å². The zero-order valence-electron chi connectivity index (χ0n) is 10.7. The van der Waals surface area contributed by atoms with Gasteiger partial charge in [-0.15, -0.1) is 11.3 Å². The molecule has 0 aromatic carbocycles. The molecule has 98 valence electrons. The summed E-state index contributed by atoms with van der Waals surface area (Å²) >= 11 is 1.10. The van der Waals surface area contributed by atoms with Gasteiger partial charge in [-0.25, -0.2) is 4.79 Å². The Morgan fingerprint density at radius 2 is 1.94 bits per heavy atom. The molecule has 0 spiro atoms. The van der Waals surface area contributed by atoms with Gasteiger partial charge in [0.25, 0.3) is 0 Å². The summed E-state index contributed by atoms with van der Waals surface area (Å²) in [5.41, 5.74) is 0.806. The molecule has 6 heteroatoms. The maximum absolute atomic E-state index is 11.7. The van der Waals surface area contributed by atoms with Gasteiger partial charge in [-0.3, -0.25) is 9.59 Å². The van der Waals surface area contributed by atoms with Crippen molar-refractivity contribution >= 4 is 34.0 Å². The van der Waals surface area contributed by atoms with E-state index in [0.29, 0.717) is 21.9 Å². The molecular weight excluding hydrogens is 254 g/mol. The van der Waals surface area contributed by atoms with Gasteiger partial charge >= 0.3 is 5.97 Å². The van der Waals surface area contributed by atoms with E-state index in [2.05, 4.69) is 10.1 Å². The zero-order chi connectivity index (χ0) is 13.9. The molecule has 18 heavy (non-hydrogen) atoms. The van der Waals surface area contributed by atoms with Crippen LogP contribution in [-0.4, -0.2) is 24.8 Å². The number of carbonyl (C=O) groups is 3. The number of hydrogen-bond acceptors (Lipinski definition) is 5. The lowest BCUT2D eigenvalue weighted by Gasteiger charge is -2.04. The first-order valence-electron chi connectivity index (χ1n) is 5.44. The Kier molecular flexibility index (Phi) is 4.61. The van der Waals surface area contributed by atoms with Gasteiger partial charge in [-0.2, -0.15) is 0 Å². The Labute approximate surface area is 109 Å². The number of esters is 1. The monoisotopic (exact) mass is 269 g/mol. The number of amides is 1. The summed E-state index contributed by atoms with van der Waals surface area (Å²) in [5.74, 6) is -0.904. The predicted octanol–water partition coefficient (Wildman–Crippen LogP) is 2.39. The van der Waals surface area contributed by atoms with Gasteiger partial charge in [0.15, 0.2) is 5.78 Å². The van der Waals surface area contributed by atoms with Gasteiger partial charge < -0.3 is 10.1 Å². The van der Waals surface area contributed by atoms with Crippen LogP contribution in [-0.2, 0) is 9.53 Å². The number of rotatable bonds is 4. The number of hydrogen-bond donors (Lipinski definition) is 1. The summed E-state index contributed by atoms with van der Waals surface area (Å²) in [6, 6.07) is 0. The van der Waals surface area contributed by atoms with Crippen LogP contribution in [0.5, 0.6) is 0 Å². The summed E-state index contributed by atoms with van der Waals surface area (Å²) in [7, 11) is 1.26. The van der Waals surface area contributed by atoms with Crippen molar-refractivity contribution in [3.05, 3.63) is 16.0 Å². The van der Waals surface area contributed by atoms with Crippen LogP contribution in [0.4, 0.5) is 5.00 Å². The van der Waals surface area contributed by atoms with E-state index >= 15 is 0 Å². The Morgan fingerprint density at radius 3 is 2.39 bits per heavy atom. The SMILES string of the molecule is CCC(=O)Nc1sc(C(C)=O)c(C)c1C(=O)OC. The van der Waals surface area contributed by atoms with Crippen LogP contribution in [0.15, 0.2) is 0 Å². The number of nitrogens with one attached hydrogen (secondary N) is 1. The van der Waals surface area contributed by atoms with Crippen molar-refractivity contribution < 1.29 is 19.1 Å². The zero-order valence-corrected chi connectivity index (χ0v) is 11.6. The fraction of sp³-hybridized carbons (Fsp3) is 0.417. The lowest BCUT2D eigenvalue weighted by molar-refractivity contribution is -0.115. The van der Waals surface area contributed by atoms with E-state index in [0.717, 1.165) is 11.3 Å². The molecule has 0 saturated heterocycles. The Morgan fingerprint density at radius 1 is 1.33 bits per heavy atom. The van der Waals surface area contributed by atoms with E-state index in [4.69, 9.17) is 0 Å². The molecule has 0 aliphatic rings. The fourth-order valence-electron chi connectivity index (χ4n) is 1.50. The highest BCUT2D eigenvalue weighted by atomic mass is 32.1. The number of anilines is 1. The van der Waals surface area contributed by atoms with Gasteiger partial charge in [0.1, 0.15) is 5.00 Å². The third kappa shape index (κ3) is 2.76. The molecule has 1 aromatic heterocycles. The molecule has 0 bridgehead atoms. The van der Waals surface area contributed by atoms with Crippen LogP contribution in [0, 0.1) is 6.92 Å². The van der Waals surface area contributed by atoms with Crippen molar-refractivity contribution in [1.82, 2.24) is 0 Å². The second kappa shape index (κ2) is 5.77. The first kappa shape index (κ1) is 14.4. The summed E-state index contributed by atoms with van der Waals surface area (Å²) in [6.07, 6.45) is 0.299. The highest BCUT2D eigenvalue weighted by molar-refractivity contribution is 7.18. The number of methoxy groups -OCH3 is 1. The number of ether oxygens (including phenoxy) is 1. The molecule has 0 radical (unpaired) electrons. The molecule has 1 aromatic rings. The molecule has 1 amide bonds. The molecule has 0 unspecified atom stereocenters. The molecule has 0 atom stereocenters. The minimum absolute atomic E-state index is 0.139. The van der Waals surface area contributed by atoms with Crippen molar-refractivity contribution in [3.8, 4) is 0 Å². The van der Waals surface area contributed by atoms with Crippen molar-refractivity contribution in [2.75, 3.05) is 12.4 Å². The number of Topliss-reactive ketones (excluding diaryl/α,β-unsaturated/α-hetero) is 1. The first-order valence-corrected chi connectivity index (χ1v) is 6.26. The van der Waals surface area contributed by atoms with E-state index in [9.17, 15) is 14.4 Å². The smallest absolute Gasteiger partial charge is 0.341 e. The first-order chi connectivity index (χ1) is 8.42. The standard InChI is InChI=1S/C12H15NO4S/c1-5-8(15)13-11-9(12(16)17-4)6(2)10(18-11)7(3)14/h5H2,1-4H3,(H,13,15). The quantitative estimate of drug-likeness (QED) is 0.673. The van der Waals surface area contributed by atoms with Crippen LogP contribution in [0.25, 0.3) is 0 Å². The normalized spacial score (nSPS) is 10.0. The van der Waals surface area contributed by atoms with Crippen molar-refractivity contribution in [1.29, 1.82) is 0 Å². The third-order valence-electron chi connectivity index (χ3n) is 2.43. The van der Waals surface area contributed by atoms with E-state index in [1.54, 1.807) is 13.8 Å². The molecule has 1 heterocycles. The summed E-state index contributed by atoms with van der Waals surface area (Å²) in [5, 5.41) is 2.99. The number of ketones is 1. The van der Waals surface area contributed by atoms with Crippen LogP contribution >= 0.6 is 11.3 Å². The highest BCUT2D eigenvalue weighted by Crippen LogP contribution is 2.33. The number of carbonyl (C=O) groups excluding carboxylic acids is 3. The van der Waals surface area contributed by atoms with Crippen LogP contribution in [0.3, 0.4) is 0 Å². The van der Waals surface area contributed by atoms with Crippen molar-refractivity contribution in [2.45, 2.75) is 27.2 Å². The highest BCUT2D eigenvalue weighted by Gasteiger charge is 2.24. The molecule has 0 saturated carbocycles. The maximum atomic E-state index is 11.7. The average molecular weight is 269 g/mol. The van der Waals surface area contributed by atoms with Crippen LogP contribution in [0.2, 0.25) is 0 Å². The Bertz CT molecular complexity index is 504. The average Bonchev–Trinajstić information content (AvgIpc) is 2.65. The minimum Gasteiger partial charge on any atom is -0.465 e. The van der Waals surface area contributed by atoms with E-state index in [1.807, 2.05) is 0 Å². The molecular formula is C12H15NO4S. The molecule has 0 aliphatic carbocycles. The van der Waals surface area contributed by atoms with Gasteiger partial charge in [0, 0.05) is 6.42 Å². The van der Waals surface area contributed by atoms with Crippen molar-refractivity contribution in [2.24, 2.45) is 0 Å². The van der Waals surface area contributed by atoms with Gasteiger partial charge in [-0.05, 0) is 19.4 Å². The molecule has 5 nitrogen and oxygen atoms in total. The summed E-state index contributed by atoms with van der Waals surface area (Å²) in [4.78, 5) is 35.0. The van der Waals surface area contributed by atoms with Gasteiger partial charge in [0.2, 0.25) is 5.91 Å². The Hall–Kier alpha value is -1.69.